The first-order valence-corrected chi connectivity index (χ1v) is 8.73. The molecule has 2 heterocycles. The van der Waals surface area contributed by atoms with Crippen molar-refractivity contribution in [1.29, 1.82) is 0 Å². The van der Waals surface area contributed by atoms with Crippen LogP contribution in [-0.4, -0.2) is 13.7 Å². The van der Waals surface area contributed by atoms with E-state index in [-0.39, 0.29) is 5.41 Å². The minimum atomic E-state index is -0.0474. The van der Waals surface area contributed by atoms with Gasteiger partial charge in [0.2, 0.25) is 0 Å². The smallest absolute Gasteiger partial charge is 0.127 e. The van der Waals surface area contributed by atoms with Gasteiger partial charge in [-0.05, 0) is 35.4 Å². The summed E-state index contributed by atoms with van der Waals surface area (Å²) in [6.07, 6.45) is 6.43. The monoisotopic (exact) mass is 329 g/mol. The zero-order valence-electron chi connectivity index (χ0n) is 15.0. The Labute approximate surface area is 149 Å². The van der Waals surface area contributed by atoms with Crippen molar-refractivity contribution in [3.05, 3.63) is 95.4 Å². The lowest BCUT2D eigenvalue weighted by Gasteiger charge is -2.25. The highest BCUT2D eigenvalue weighted by Crippen LogP contribution is 2.47. The van der Waals surface area contributed by atoms with Crippen LogP contribution in [0.1, 0.15) is 25.0 Å². The number of benzene rings is 2. The Balaban J connectivity index is 1.88. The summed E-state index contributed by atoms with van der Waals surface area (Å²) in [5, 5.41) is 0. The van der Waals surface area contributed by atoms with E-state index in [1.807, 2.05) is 6.07 Å². The van der Waals surface area contributed by atoms with Gasteiger partial charge in [0.15, 0.2) is 0 Å². The largest absolute Gasteiger partial charge is 0.489 e. The van der Waals surface area contributed by atoms with Crippen LogP contribution in [0.3, 0.4) is 0 Å². The average Bonchev–Trinajstić information content (AvgIpc) is 3.22. The molecule has 0 atom stereocenters. The van der Waals surface area contributed by atoms with E-state index in [0.29, 0.717) is 6.61 Å². The summed E-state index contributed by atoms with van der Waals surface area (Å²) in [6, 6.07) is 19.1. The topological polar surface area (TPSA) is 12.5 Å². The molecular formula is C23H23NO. The van der Waals surface area contributed by atoms with Crippen molar-refractivity contribution in [3.63, 3.8) is 0 Å². The highest BCUT2D eigenvalue weighted by molar-refractivity contribution is 5.82. The Hall–Kier alpha value is -2.74. The van der Waals surface area contributed by atoms with E-state index in [0.717, 1.165) is 11.3 Å². The van der Waals surface area contributed by atoms with Gasteiger partial charge in [-0.1, -0.05) is 62.4 Å². The third kappa shape index (κ3) is 2.58. The van der Waals surface area contributed by atoms with Gasteiger partial charge < -0.3 is 9.64 Å². The summed E-state index contributed by atoms with van der Waals surface area (Å²) in [7, 11) is 2.15. The number of fused-ring (bicyclic) bond motifs is 1. The van der Waals surface area contributed by atoms with E-state index in [2.05, 4.69) is 92.6 Å². The standard InChI is InChI=1S/C23H23NO/c1-23(2)19-12-7-8-13-20(19)24(3)22(23)16-18(21-14-9-15-25-21)17-10-5-4-6-11-17/h4-14,16H,15H2,1-3H3/b21-18+,22-16+. The zero-order chi connectivity index (χ0) is 17.4. The first-order valence-electron chi connectivity index (χ1n) is 8.73. The van der Waals surface area contributed by atoms with Crippen molar-refractivity contribution in [2.75, 3.05) is 18.6 Å². The maximum absolute atomic E-state index is 5.87. The normalized spacial score (nSPS) is 21.4. The van der Waals surface area contributed by atoms with E-state index in [1.165, 1.54) is 22.5 Å². The highest BCUT2D eigenvalue weighted by atomic mass is 16.5. The Morgan fingerprint density at radius 3 is 2.44 bits per heavy atom. The molecule has 0 unspecified atom stereocenters. The van der Waals surface area contributed by atoms with Crippen molar-refractivity contribution in [2.24, 2.45) is 0 Å². The molecule has 0 fully saturated rings. The molecule has 0 amide bonds. The van der Waals surface area contributed by atoms with Crippen LogP contribution in [0.2, 0.25) is 0 Å². The Morgan fingerprint density at radius 1 is 1.04 bits per heavy atom. The first-order chi connectivity index (χ1) is 12.1. The summed E-state index contributed by atoms with van der Waals surface area (Å²) in [5.74, 6) is 0.943. The molecule has 0 N–H and O–H groups in total. The molecule has 0 saturated carbocycles. The van der Waals surface area contributed by atoms with Crippen LogP contribution in [0.15, 0.2) is 84.3 Å². The summed E-state index contributed by atoms with van der Waals surface area (Å²) in [5.41, 5.74) is 6.19. The lowest BCUT2D eigenvalue weighted by atomic mass is 9.83. The Bertz CT molecular complexity index is 887. The van der Waals surface area contributed by atoms with E-state index in [4.69, 9.17) is 4.74 Å². The number of para-hydroxylation sites is 1. The van der Waals surface area contributed by atoms with Gasteiger partial charge in [0, 0.05) is 29.4 Å². The fourth-order valence-electron chi connectivity index (χ4n) is 3.82. The molecule has 4 rings (SSSR count). The average molecular weight is 329 g/mol. The number of hydrogen-bond donors (Lipinski definition) is 0. The molecule has 2 aromatic rings. The number of hydrogen-bond acceptors (Lipinski definition) is 2. The number of anilines is 1. The Kier molecular flexibility index (Phi) is 3.76. The fraction of sp³-hybridized carbons (Fsp3) is 0.217. The molecule has 0 bridgehead atoms. The van der Waals surface area contributed by atoms with Crippen LogP contribution in [0.4, 0.5) is 5.69 Å². The zero-order valence-corrected chi connectivity index (χ0v) is 15.0. The number of ether oxygens (including phenoxy) is 1. The second-order valence-electron chi connectivity index (χ2n) is 7.09. The molecule has 2 aromatic carbocycles. The van der Waals surface area contributed by atoms with Gasteiger partial charge in [0.05, 0.1) is 0 Å². The van der Waals surface area contributed by atoms with E-state index >= 15 is 0 Å². The summed E-state index contributed by atoms with van der Waals surface area (Å²) in [4.78, 5) is 2.30. The van der Waals surface area contributed by atoms with Gasteiger partial charge in [0.25, 0.3) is 0 Å². The third-order valence-electron chi connectivity index (χ3n) is 5.18. The maximum atomic E-state index is 5.87. The lowest BCUT2D eigenvalue weighted by Crippen LogP contribution is -2.23. The van der Waals surface area contributed by atoms with Crippen molar-refractivity contribution in [3.8, 4) is 0 Å². The van der Waals surface area contributed by atoms with E-state index < -0.39 is 0 Å². The van der Waals surface area contributed by atoms with Crippen molar-refractivity contribution >= 4 is 11.3 Å². The summed E-state index contributed by atoms with van der Waals surface area (Å²) in [6.45, 7) is 5.23. The van der Waals surface area contributed by atoms with Gasteiger partial charge >= 0.3 is 0 Å². The number of allylic oxidation sites excluding steroid dienone is 4. The predicted octanol–water partition coefficient (Wildman–Crippen LogP) is 5.30. The third-order valence-corrected chi connectivity index (χ3v) is 5.18. The molecule has 0 aliphatic carbocycles. The molecule has 0 saturated heterocycles. The van der Waals surface area contributed by atoms with E-state index in [9.17, 15) is 0 Å². The van der Waals surface area contributed by atoms with Crippen LogP contribution in [-0.2, 0) is 10.2 Å². The molecule has 0 spiro atoms. The molecule has 0 radical (unpaired) electrons. The molecule has 2 heteroatoms. The van der Waals surface area contributed by atoms with Gasteiger partial charge in [0.1, 0.15) is 12.4 Å². The molecule has 2 aliphatic rings. The van der Waals surface area contributed by atoms with Crippen LogP contribution >= 0.6 is 0 Å². The molecule has 2 aliphatic heterocycles. The highest BCUT2D eigenvalue weighted by Gasteiger charge is 2.38. The summed E-state index contributed by atoms with van der Waals surface area (Å²) < 4.78 is 5.87. The van der Waals surface area contributed by atoms with E-state index in [1.54, 1.807) is 0 Å². The van der Waals surface area contributed by atoms with Crippen LogP contribution in [0, 0.1) is 0 Å². The molecule has 25 heavy (non-hydrogen) atoms. The fourth-order valence-corrected chi connectivity index (χ4v) is 3.82. The van der Waals surface area contributed by atoms with Crippen LogP contribution in [0.25, 0.3) is 5.57 Å². The summed E-state index contributed by atoms with van der Waals surface area (Å²) >= 11 is 0. The number of likely N-dealkylation sites (N-methyl/N-ethyl adjacent to an activating group) is 1. The van der Waals surface area contributed by atoms with Crippen LogP contribution in [0.5, 0.6) is 0 Å². The van der Waals surface area contributed by atoms with Crippen LogP contribution < -0.4 is 4.90 Å². The van der Waals surface area contributed by atoms with Crippen molar-refractivity contribution in [2.45, 2.75) is 19.3 Å². The number of nitrogens with zero attached hydrogens (tertiary/aromatic N) is 1. The quantitative estimate of drug-likeness (QED) is 0.742. The first kappa shape index (κ1) is 15.8. The minimum Gasteiger partial charge on any atom is -0.489 e. The predicted molar refractivity (Wildman–Crippen MR) is 104 cm³/mol. The van der Waals surface area contributed by atoms with Gasteiger partial charge in [-0.3, -0.25) is 0 Å². The lowest BCUT2D eigenvalue weighted by molar-refractivity contribution is 0.281. The second-order valence-corrected chi connectivity index (χ2v) is 7.09. The molecule has 2 nitrogen and oxygen atoms in total. The molecule has 126 valence electrons. The maximum Gasteiger partial charge on any atom is 0.127 e. The van der Waals surface area contributed by atoms with Gasteiger partial charge in [-0.15, -0.1) is 0 Å². The SMILES string of the molecule is CN1/C(=C/C(=C2/C=CCO2)c2ccccc2)C(C)(C)c2ccccc21. The number of rotatable bonds is 2. The van der Waals surface area contributed by atoms with Gasteiger partial charge in [-0.25, -0.2) is 0 Å². The minimum absolute atomic E-state index is 0.0474. The Morgan fingerprint density at radius 2 is 1.76 bits per heavy atom. The van der Waals surface area contributed by atoms with Crippen molar-refractivity contribution < 1.29 is 4.74 Å². The van der Waals surface area contributed by atoms with Gasteiger partial charge in [-0.2, -0.15) is 0 Å². The van der Waals surface area contributed by atoms with Crippen molar-refractivity contribution in [1.82, 2.24) is 0 Å². The molecule has 0 aromatic heterocycles. The second kappa shape index (κ2) is 5.96. The molecular weight excluding hydrogens is 306 g/mol.